The topological polar surface area (TPSA) is 59.1 Å². The maximum atomic E-state index is 10.3. The van der Waals surface area contributed by atoms with Crippen molar-refractivity contribution in [1.82, 2.24) is 4.98 Å². The highest BCUT2D eigenvalue weighted by molar-refractivity contribution is 6.30. The smallest absolute Gasteiger partial charge is 0.129 e. The monoisotopic (exact) mass is 248 g/mol. The van der Waals surface area contributed by atoms with E-state index in [1.54, 1.807) is 30.5 Å². The Bertz CT molecular complexity index is 505. The number of halogens is 1. The number of anilines is 1. The molecular formula is C13H13ClN2O. The molecule has 1 aromatic heterocycles. The minimum absolute atomic E-state index is 0.354. The number of aromatic nitrogens is 1. The second-order valence-corrected chi connectivity index (χ2v) is 4.32. The number of aryl methyl sites for hydroxylation is 1. The van der Waals surface area contributed by atoms with E-state index in [4.69, 9.17) is 17.3 Å². The molecule has 0 aliphatic carbocycles. The first-order valence-corrected chi connectivity index (χ1v) is 5.62. The molecule has 0 amide bonds. The maximum Gasteiger partial charge on any atom is 0.129 e. The van der Waals surface area contributed by atoms with Crippen LogP contribution in [0.3, 0.4) is 0 Å². The van der Waals surface area contributed by atoms with Gasteiger partial charge < -0.3 is 10.8 Å². The zero-order valence-corrected chi connectivity index (χ0v) is 10.1. The predicted octanol–water partition coefficient (Wildman–Crippen LogP) is 2.71. The van der Waals surface area contributed by atoms with E-state index < -0.39 is 6.10 Å². The number of rotatable bonds is 2. The Balaban J connectivity index is 2.43. The van der Waals surface area contributed by atoms with Crippen LogP contribution in [0, 0.1) is 6.92 Å². The van der Waals surface area contributed by atoms with Gasteiger partial charge in [-0.05, 0) is 36.2 Å². The molecule has 0 bridgehead atoms. The molecule has 4 heteroatoms. The van der Waals surface area contributed by atoms with Gasteiger partial charge in [0.15, 0.2) is 0 Å². The third-order valence-corrected chi connectivity index (χ3v) is 2.95. The van der Waals surface area contributed by atoms with E-state index in [2.05, 4.69) is 4.98 Å². The van der Waals surface area contributed by atoms with Crippen molar-refractivity contribution in [2.45, 2.75) is 13.0 Å². The molecule has 88 valence electrons. The quantitative estimate of drug-likeness (QED) is 0.859. The van der Waals surface area contributed by atoms with Gasteiger partial charge in [0.05, 0.1) is 0 Å². The van der Waals surface area contributed by atoms with Crippen LogP contribution in [0.5, 0.6) is 0 Å². The maximum absolute atomic E-state index is 10.3. The fourth-order valence-corrected chi connectivity index (χ4v) is 1.88. The van der Waals surface area contributed by atoms with E-state index in [9.17, 15) is 5.11 Å². The van der Waals surface area contributed by atoms with Gasteiger partial charge in [0.25, 0.3) is 0 Å². The fourth-order valence-electron chi connectivity index (χ4n) is 1.76. The van der Waals surface area contributed by atoms with Crippen molar-refractivity contribution in [1.29, 1.82) is 0 Å². The molecule has 0 saturated carbocycles. The van der Waals surface area contributed by atoms with Crippen LogP contribution in [0.2, 0.25) is 5.02 Å². The summed E-state index contributed by atoms with van der Waals surface area (Å²) in [6, 6.07) is 8.85. The second kappa shape index (κ2) is 4.73. The van der Waals surface area contributed by atoms with Gasteiger partial charge in [-0.1, -0.05) is 23.7 Å². The van der Waals surface area contributed by atoms with Crippen LogP contribution in [0.15, 0.2) is 36.5 Å². The van der Waals surface area contributed by atoms with Crippen molar-refractivity contribution in [3.05, 3.63) is 58.2 Å². The number of nitrogen functional groups attached to an aromatic ring is 1. The van der Waals surface area contributed by atoms with Crippen molar-refractivity contribution in [2.24, 2.45) is 0 Å². The predicted molar refractivity (Wildman–Crippen MR) is 68.9 cm³/mol. The lowest BCUT2D eigenvalue weighted by molar-refractivity contribution is 0.220. The number of hydrogen-bond acceptors (Lipinski definition) is 3. The highest BCUT2D eigenvalue weighted by Crippen LogP contribution is 2.28. The number of benzene rings is 1. The minimum Gasteiger partial charge on any atom is -0.384 e. The molecule has 0 radical (unpaired) electrons. The van der Waals surface area contributed by atoms with Crippen molar-refractivity contribution in [3.8, 4) is 0 Å². The molecule has 0 aliphatic heterocycles. The summed E-state index contributed by atoms with van der Waals surface area (Å²) in [5, 5.41) is 10.9. The first-order valence-electron chi connectivity index (χ1n) is 5.24. The molecule has 17 heavy (non-hydrogen) atoms. The number of nitrogens with two attached hydrogens (primary N) is 1. The summed E-state index contributed by atoms with van der Waals surface area (Å²) < 4.78 is 0. The molecule has 1 heterocycles. The molecule has 1 aromatic carbocycles. The Kier molecular flexibility index (Phi) is 3.31. The summed E-state index contributed by atoms with van der Waals surface area (Å²) in [5.74, 6) is 0.354. The third-order valence-electron chi connectivity index (χ3n) is 2.70. The lowest BCUT2D eigenvalue weighted by Gasteiger charge is -2.15. The van der Waals surface area contributed by atoms with E-state index in [1.807, 2.05) is 13.0 Å². The number of nitrogens with zero attached hydrogens (tertiary/aromatic N) is 1. The summed E-state index contributed by atoms with van der Waals surface area (Å²) in [6.07, 6.45) is 0.851. The number of aliphatic hydroxyl groups excluding tert-OH is 1. The Hall–Kier alpha value is -1.58. The number of aliphatic hydroxyl groups is 1. The zero-order valence-electron chi connectivity index (χ0n) is 9.39. The minimum atomic E-state index is -0.777. The van der Waals surface area contributed by atoms with Crippen LogP contribution in [0.1, 0.15) is 22.8 Å². The van der Waals surface area contributed by atoms with Gasteiger partial charge in [-0.25, -0.2) is 4.98 Å². The van der Waals surface area contributed by atoms with E-state index in [1.165, 1.54) is 0 Å². The van der Waals surface area contributed by atoms with Gasteiger partial charge in [0.2, 0.25) is 0 Å². The summed E-state index contributed by atoms with van der Waals surface area (Å²) in [4.78, 5) is 4.00. The standard InChI is InChI=1S/C13H13ClN2O/c1-8-6-7-16-13(15)11(8)12(17)9-2-4-10(14)5-3-9/h2-7,12,17H,1H3,(H2,15,16). The van der Waals surface area contributed by atoms with Gasteiger partial charge in [0, 0.05) is 16.8 Å². The van der Waals surface area contributed by atoms with Crippen molar-refractivity contribution in [2.75, 3.05) is 5.73 Å². The highest BCUT2D eigenvalue weighted by atomic mass is 35.5. The Morgan fingerprint density at radius 3 is 2.47 bits per heavy atom. The lowest BCUT2D eigenvalue weighted by atomic mass is 9.98. The zero-order chi connectivity index (χ0) is 12.4. The summed E-state index contributed by atoms with van der Waals surface area (Å²) in [6.45, 7) is 1.90. The van der Waals surface area contributed by atoms with Crippen LogP contribution in [0.4, 0.5) is 5.82 Å². The van der Waals surface area contributed by atoms with Crippen LogP contribution in [-0.2, 0) is 0 Å². The van der Waals surface area contributed by atoms with E-state index in [0.717, 1.165) is 11.1 Å². The number of pyridine rings is 1. The van der Waals surface area contributed by atoms with E-state index >= 15 is 0 Å². The number of hydrogen-bond donors (Lipinski definition) is 2. The van der Waals surface area contributed by atoms with Crippen LogP contribution >= 0.6 is 11.6 Å². The fraction of sp³-hybridized carbons (Fsp3) is 0.154. The van der Waals surface area contributed by atoms with E-state index in [0.29, 0.717) is 16.4 Å². The largest absolute Gasteiger partial charge is 0.384 e. The lowest BCUT2D eigenvalue weighted by Crippen LogP contribution is -2.07. The summed E-state index contributed by atoms with van der Waals surface area (Å²) >= 11 is 5.81. The van der Waals surface area contributed by atoms with Crippen molar-refractivity contribution in [3.63, 3.8) is 0 Å². The average Bonchev–Trinajstić information content (AvgIpc) is 2.29. The molecule has 0 saturated heterocycles. The Morgan fingerprint density at radius 2 is 1.88 bits per heavy atom. The molecule has 3 N–H and O–H groups in total. The third kappa shape index (κ3) is 2.40. The molecule has 0 spiro atoms. The Morgan fingerprint density at radius 1 is 1.24 bits per heavy atom. The Labute approximate surface area is 105 Å². The molecule has 2 rings (SSSR count). The molecule has 0 aliphatic rings. The molecule has 2 aromatic rings. The van der Waals surface area contributed by atoms with E-state index in [-0.39, 0.29) is 0 Å². The molecule has 3 nitrogen and oxygen atoms in total. The van der Waals surface area contributed by atoms with Crippen molar-refractivity contribution >= 4 is 17.4 Å². The first kappa shape index (κ1) is 11.9. The van der Waals surface area contributed by atoms with Gasteiger partial charge in [-0.2, -0.15) is 0 Å². The summed E-state index contributed by atoms with van der Waals surface area (Å²) in [5.41, 5.74) is 8.10. The summed E-state index contributed by atoms with van der Waals surface area (Å²) in [7, 11) is 0. The van der Waals surface area contributed by atoms with Crippen LogP contribution in [-0.4, -0.2) is 10.1 Å². The molecular weight excluding hydrogens is 236 g/mol. The van der Waals surface area contributed by atoms with Crippen molar-refractivity contribution < 1.29 is 5.11 Å². The normalized spacial score (nSPS) is 12.4. The van der Waals surface area contributed by atoms with Gasteiger partial charge in [-0.15, -0.1) is 0 Å². The molecule has 1 atom stereocenters. The van der Waals surface area contributed by atoms with Crippen LogP contribution < -0.4 is 5.73 Å². The van der Waals surface area contributed by atoms with Crippen LogP contribution in [0.25, 0.3) is 0 Å². The first-order chi connectivity index (χ1) is 8.09. The second-order valence-electron chi connectivity index (χ2n) is 3.88. The molecule has 1 unspecified atom stereocenters. The van der Waals surface area contributed by atoms with Gasteiger partial charge in [0.1, 0.15) is 11.9 Å². The van der Waals surface area contributed by atoms with Gasteiger partial charge in [-0.3, -0.25) is 0 Å². The van der Waals surface area contributed by atoms with Gasteiger partial charge >= 0.3 is 0 Å². The average molecular weight is 249 g/mol. The SMILES string of the molecule is Cc1ccnc(N)c1C(O)c1ccc(Cl)cc1. The highest BCUT2D eigenvalue weighted by Gasteiger charge is 2.16. The molecule has 0 fully saturated rings.